The number of fused-ring (bicyclic) bond motifs is 1. The number of thiocarbonyl (C=S) groups is 1. The first-order valence-electron chi connectivity index (χ1n) is 10.4. The Bertz CT molecular complexity index is 1170. The zero-order valence-electron chi connectivity index (χ0n) is 17.8. The van der Waals surface area contributed by atoms with Crippen molar-refractivity contribution in [2.45, 2.75) is 29.7 Å². The molecular weight excluding hydrogens is 501 g/mol. The number of anilines is 1. The fourth-order valence-corrected chi connectivity index (χ4v) is 4.81. The van der Waals surface area contributed by atoms with Gasteiger partial charge in [0.05, 0.1) is 11.2 Å². The SMILES string of the molecule is Cc1ccc(N2CCN(C(NC(=O)CCc3ccncc3)C(Cl)(Cl)Cl)C2=S)c2ncccc12. The summed E-state index contributed by atoms with van der Waals surface area (Å²) >= 11 is 24.6. The van der Waals surface area contributed by atoms with Crippen molar-refractivity contribution in [1.82, 2.24) is 20.2 Å². The Labute approximate surface area is 212 Å². The molecule has 172 valence electrons. The second kappa shape index (κ2) is 9.97. The Morgan fingerprint density at radius 2 is 1.91 bits per heavy atom. The van der Waals surface area contributed by atoms with E-state index in [1.807, 2.05) is 48.2 Å². The van der Waals surface area contributed by atoms with E-state index in [1.54, 1.807) is 23.5 Å². The molecule has 1 saturated heterocycles. The van der Waals surface area contributed by atoms with E-state index in [2.05, 4.69) is 15.3 Å². The van der Waals surface area contributed by atoms with E-state index in [-0.39, 0.29) is 12.3 Å². The van der Waals surface area contributed by atoms with Gasteiger partial charge in [-0.05, 0) is 61.0 Å². The molecule has 0 spiro atoms. The predicted molar refractivity (Wildman–Crippen MR) is 138 cm³/mol. The summed E-state index contributed by atoms with van der Waals surface area (Å²) in [7, 11) is 0. The van der Waals surface area contributed by atoms with Crippen molar-refractivity contribution in [1.29, 1.82) is 0 Å². The Hall–Kier alpha value is -2.19. The summed E-state index contributed by atoms with van der Waals surface area (Å²) in [5.74, 6) is -0.230. The molecule has 1 atom stereocenters. The van der Waals surface area contributed by atoms with E-state index < -0.39 is 9.96 Å². The van der Waals surface area contributed by atoms with Crippen LogP contribution in [0.4, 0.5) is 5.69 Å². The maximum Gasteiger partial charge on any atom is 0.228 e. The number of hydrogen-bond acceptors (Lipinski definition) is 4. The molecule has 1 N–H and O–H groups in total. The molecule has 3 heterocycles. The van der Waals surface area contributed by atoms with E-state index in [0.29, 0.717) is 24.6 Å². The van der Waals surface area contributed by atoms with Crippen LogP contribution in [0, 0.1) is 6.92 Å². The van der Waals surface area contributed by atoms with Crippen molar-refractivity contribution >= 4 is 74.6 Å². The van der Waals surface area contributed by atoms with Gasteiger partial charge in [0.1, 0.15) is 0 Å². The van der Waals surface area contributed by atoms with Crippen LogP contribution in [0.15, 0.2) is 55.0 Å². The first-order valence-corrected chi connectivity index (χ1v) is 12.0. The van der Waals surface area contributed by atoms with Crippen LogP contribution < -0.4 is 10.2 Å². The van der Waals surface area contributed by atoms with Gasteiger partial charge in [0.2, 0.25) is 9.70 Å². The molecule has 2 aromatic heterocycles. The number of aromatic nitrogens is 2. The van der Waals surface area contributed by atoms with E-state index in [1.165, 1.54) is 0 Å². The fraction of sp³-hybridized carbons (Fsp3) is 0.304. The summed E-state index contributed by atoms with van der Waals surface area (Å²) in [6, 6.07) is 11.7. The quantitative estimate of drug-likeness (QED) is 0.371. The number of aryl methyl sites for hydroxylation is 2. The lowest BCUT2D eigenvalue weighted by Gasteiger charge is -2.35. The highest BCUT2D eigenvalue weighted by Gasteiger charge is 2.43. The van der Waals surface area contributed by atoms with Crippen molar-refractivity contribution in [3.05, 3.63) is 66.1 Å². The third kappa shape index (κ3) is 5.32. The Morgan fingerprint density at radius 3 is 2.64 bits per heavy atom. The van der Waals surface area contributed by atoms with Crippen LogP contribution in [0.2, 0.25) is 0 Å². The lowest BCUT2D eigenvalue weighted by molar-refractivity contribution is -0.122. The molecule has 1 aliphatic rings. The Balaban J connectivity index is 1.52. The third-order valence-electron chi connectivity index (χ3n) is 5.61. The summed E-state index contributed by atoms with van der Waals surface area (Å²) in [5.41, 5.74) is 3.88. The number of amides is 1. The van der Waals surface area contributed by atoms with Crippen LogP contribution in [-0.2, 0) is 11.2 Å². The van der Waals surface area contributed by atoms with Crippen molar-refractivity contribution in [3.63, 3.8) is 0 Å². The molecule has 1 amide bonds. The van der Waals surface area contributed by atoms with Gasteiger partial charge in [-0.2, -0.15) is 0 Å². The molecule has 0 bridgehead atoms. The minimum absolute atomic E-state index is 0.230. The van der Waals surface area contributed by atoms with Crippen LogP contribution in [0.25, 0.3) is 10.9 Å². The smallest absolute Gasteiger partial charge is 0.228 e. The minimum atomic E-state index is -1.78. The predicted octanol–water partition coefficient (Wildman–Crippen LogP) is 4.79. The molecule has 1 aromatic carbocycles. The molecule has 1 fully saturated rings. The van der Waals surface area contributed by atoms with Gasteiger partial charge in [0.25, 0.3) is 0 Å². The van der Waals surface area contributed by atoms with E-state index in [9.17, 15) is 4.79 Å². The number of benzene rings is 1. The van der Waals surface area contributed by atoms with Gasteiger partial charge >= 0.3 is 0 Å². The van der Waals surface area contributed by atoms with Crippen molar-refractivity contribution < 1.29 is 4.79 Å². The molecule has 3 aromatic rings. The zero-order chi connectivity index (χ0) is 23.6. The Kier molecular flexibility index (Phi) is 7.24. The first kappa shape index (κ1) is 24.0. The summed E-state index contributed by atoms with van der Waals surface area (Å²) in [4.78, 5) is 25.0. The highest BCUT2D eigenvalue weighted by atomic mass is 35.6. The fourth-order valence-electron chi connectivity index (χ4n) is 3.90. The van der Waals surface area contributed by atoms with Gasteiger partial charge in [-0.1, -0.05) is 46.9 Å². The van der Waals surface area contributed by atoms with Gasteiger partial charge in [-0.25, -0.2) is 0 Å². The number of nitrogens with one attached hydrogen (secondary N) is 1. The second-order valence-electron chi connectivity index (χ2n) is 7.80. The topological polar surface area (TPSA) is 61.4 Å². The van der Waals surface area contributed by atoms with Gasteiger partial charge in [0.15, 0.2) is 11.3 Å². The summed E-state index contributed by atoms with van der Waals surface area (Å²) in [6.45, 7) is 3.12. The standard InChI is InChI=1S/C23H22Cl3N5OS/c1-15-4-6-18(20-17(15)3-2-10-28-20)30-13-14-31(22(30)33)21(23(24,25)26)29-19(32)7-5-16-8-11-27-12-9-16/h2-4,6,8-12,21H,5,7,13-14H2,1H3,(H,29,32). The normalized spacial score (nSPS) is 15.2. The molecule has 1 unspecified atom stereocenters. The lowest BCUT2D eigenvalue weighted by atomic mass is 10.1. The number of nitrogens with zero attached hydrogens (tertiary/aromatic N) is 4. The average Bonchev–Trinajstić information content (AvgIpc) is 3.17. The van der Waals surface area contributed by atoms with Crippen LogP contribution in [0.5, 0.6) is 0 Å². The second-order valence-corrected chi connectivity index (χ2v) is 10.5. The number of hydrogen-bond donors (Lipinski definition) is 1. The molecule has 1 aliphatic heterocycles. The minimum Gasteiger partial charge on any atom is -0.332 e. The summed E-state index contributed by atoms with van der Waals surface area (Å²) < 4.78 is -1.78. The molecule has 4 rings (SSSR count). The van der Waals surface area contributed by atoms with Crippen LogP contribution in [-0.4, -0.2) is 48.9 Å². The number of carbonyl (C=O) groups excluding carboxylic acids is 1. The summed E-state index contributed by atoms with van der Waals surface area (Å²) in [6.07, 6.45) is 5.04. The molecule has 0 radical (unpaired) electrons. The van der Waals surface area contributed by atoms with E-state index in [4.69, 9.17) is 47.0 Å². The maximum absolute atomic E-state index is 12.7. The number of pyridine rings is 2. The van der Waals surface area contributed by atoms with Crippen molar-refractivity contribution in [2.24, 2.45) is 0 Å². The largest absolute Gasteiger partial charge is 0.332 e. The third-order valence-corrected chi connectivity index (χ3v) is 6.68. The highest BCUT2D eigenvalue weighted by Crippen LogP contribution is 2.36. The lowest BCUT2D eigenvalue weighted by Crippen LogP contribution is -2.56. The monoisotopic (exact) mass is 521 g/mol. The van der Waals surface area contributed by atoms with Crippen LogP contribution in [0.1, 0.15) is 17.5 Å². The highest BCUT2D eigenvalue weighted by molar-refractivity contribution is 7.80. The van der Waals surface area contributed by atoms with Gasteiger partial charge in [-0.3, -0.25) is 14.8 Å². The summed E-state index contributed by atoms with van der Waals surface area (Å²) in [5, 5.41) is 4.39. The molecule has 0 saturated carbocycles. The number of rotatable bonds is 6. The maximum atomic E-state index is 12.7. The zero-order valence-corrected chi connectivity index (χ0v) is 20.9. The average molecular weight is 523 g/mol. The number of halogens is 3. The Morgan fingerprint density at radius 1 is 1.15 bits per heavy atom. The van der Waals surface area contributed by atoms with E-state index in [0.717, 1.165) is 27.7 Å². The van der Waals surface area contributed by atoms with Gasteiger partial charge in [0, 0.05) is 43.5 Å². The molecule has 6 nitrogen and oxygen atoms in total. The van der Waals surface area contributed by atoms with Gasteiger partial charge in [-0.15, -0.1) is 0 Å². The van der Waals surface area contributed by atoms with Crippen molar-refractivity contribution in [3.8, 4) is 0 Å². The molecule has 0 aliphatic carbocycles. The van der Waals surface area contributed by atoms with E-state index >= 15 is 0 Å². The first-order chi connectivity index (χ1) is 15.8. The molecular formula is C23H22Cl3N5OS. The molecule has 10 heteroatoms. The molecule has 33 heavy (non-hydrogen) atoms. The number of carbonyl (C=O) groups is 1. The van der Waals surface area contributed by atoms with Crippen LogP contribution in [0.3, 0.4) is 0 Å². The van der Waals surface area contributed by atoms with Crippen molar-refractivity contribution in [2.75, 3.05) is 18.0 Å². The number of alkyl halides is 3. The van der Waals surface area contributed by atoms with Crippen LogP contribution >= 0.6 is 47.0 Å². The van der Waals surface area contributed by atoms with Gasteiger partial charge < -0.3 is 15.1 Å².